The van der Waals surface area contributed by atoms with Crippen molar-refractivity contribution in [3.05, 3.63) is 118 Å². The molecule has 7 nitrogen and oxygen atoms in total. The van der Waals surface area contributed by atoms with Crippen molar-refractivity contribution in [2.45, 2.75) is 6.42 Å². The van der Waals surface area contributed by atoms with E-state index in [1.165, 1.54) is 0 Å². The van der Waals surface area contributed by atoms with Crippen molar-refractivity contribution in [1.29, 1.82) is 0 Å². The van der Waals surface area contributed by atoms with E-state index in [2.05, 4.69) is 10.1 Å². The third-order valence-electron chi connectivity index (χ3n) is 5.22. The fourth-order valence-electron chi connectivity index (χ4n) is 3.52. The van der Waals surface area contributed by atoms with Gasteiger partial charge in [0.2, 0.25) is 0 Å². The normalized spacial score (nSPS) is 11.3. The first-order valence-corrected chi connectivity index (χ1v) is 10.5. The largest absolute Gasteiger partial charge is 0.497 e. The lowest BCUT2D eigenvalue weighted by molar-refractivity contribution is 0.414. The summed E-state index contributed by atoms with van der Waals surface area (Å²) in [5.41, 5.74) is 2.75. The SMILES string of the molecule is COc1ccc(Cc2nn3c(/C=C/c4ccccc4)nn(-c4ccccc4)c3nc2=O)cc1. The highest BCUT2D eigenvalue weighted by Gasteiger charge is 2.16. The van der Waals surface area contributed by atoms with Gasteiger partial charge < -0.3 is 4.74 Å². The minimum Gasteiger partial charge on any atom is -0.497 e. The number of hydrogen-bond acceptors (Lipinski definition) is 5. The van der Waals surface area contributed by atoms with Crippen LogP contribution in [-0.4, -0.2) is 31.5 Å². The Morgan fingerprint density at radius 1 is 0.848 bits per heavy atom. The zero-order valence-electron chi connectivity index (χ0n) is 18.0. The molecule has 33 heavy (non-hydrogen) atoms. The van der Waals surface area contributed by atoms with Crippen LogP contribution in [0.25, 0.3) is 23.6 Å². The monoisotopic (exact) mass is 435 g/mol. The van der Waals surface area contributed by atoms with Gasteiger partial charge in [0.15, 0.2) is 5.82 Å². The van der Waals surface area contributed by atoms with Gasteiger partial charge in [0, 0.05) is 6.42 Å². The van der Waals surface area contributed by atoms with Gasteiger partial charge in [-0.15, -0.1) is 5.10 Å². The number of para-hydroxylation sites is 1. The molecule has 0 fully saturated rings. The van der Waals surface area contributed by atoms with Gasteiger partial charge in [-0.05, 0) is 41.5 Å². The maximum atomic E-state index is 12.9. The minimum absolute atomic E-state index is 0.347. The second-order valence-electron chi connectivity index (χ2n) is 7.45. The topological polar surface area (TPSA) is 74.3 Å². The van der Waals surface area contributed by atoms with E-state index < -0.39 is 0 Å². The van der Waals surface area contributed by atoms with Gasteiger partial charge in [-0.2, -0.15) is 19.3 Å². The second kappa shape index (κ2) is 8.92. The van der Waals surface area contributed by atoms with Crippen LogP contribution in [0, 0.1) is 0 Å². The van der Waals surface area contributed by atoms with Crippen LogP contribution in [-0.2, 0) is 6.42 Å². The van der Waals surface area contributed by atoms with Crippen molar-refractivity contribution in [2.24, 2.45) is 0 Å². The lowest BCUT2D eigenvalue weighted by Gasteiger charge is -2.04. The summed E-state index contributed by atoms with van der Waals surface area (Å²) in [7, 11) is 1.62. The Bertz CT molecular complexity index is 1470. The molecule has 0 atom stereocenters. The van der Waals surface area contributed by atoms with Crippen molar-refractivity contribution in [2.75, 3.05) is 7.11 Å². The fourth-order valence-corrected chi connectivity index (χ4v) is 3.52. The van der Waals surface area contributed by atoms with Crippen molar-refractivity contribution in [1.82, 2.24) is 24.4 Å². The summed E-state index contributed by atoms with van der Waals surface area (Å²) in [4.78, 5) is 17.2. The first-order valence-electron chi connectivity index (χ1n) is 10.5. The second-order valence-corrected chi connectivity index (χ2v) is 7.45. The van der Waals surface area contributed by atoms with Gasteiger partial charge in [0.25, 0.3) is 11.3 Å². The van der Waals surface area contributed by atoms with Crippen molar-refractivity contribution >= 4 is 17.9 Å². The summed E-state index contributed by atoms with van der Waals surface area (Å²) in [5.74, 6) is 1.69. The van der Waals surface area contributed by atoms with Gasteiger partial charge in [0.1, 0.15) is 11.4 Å². The maximum absolute atomic E-state index is 12.9. The molecule has 0 saturated carbocycles. The number of hydrogen-bond donors (Lipinski definition) is 0. The first-order chi connectivity index (χ1) is 16.2. The van der Waals surface area contributed by atoms with Gasteiger partial charge in [-0.25, -0.2) is 0 Å². The Hall–Kier alpha value is -4.52. The third-order valence-corrected chi connectivity index (χ3v) is 5.22. The lowest BCUT2D eigenvalue weighted by Crippen LogP contribution is -2.20. The Labute approximate surface area is 190 Å². The van der Waals surface area contributed by atoms with Crippen LogP contribution in [0.4, 0.5) is 0 Å². The van der Waals surface area contributed by atoms with E-state index in [9.17, 15) is 4.79 Å². The molecule has 0 unspecified atom stereocenters. The molecule has 7 heteroatoms. The number of benzene rings is 3. The quantitative estimate of drug-likeness (QED) is 0.402. The minimum atomic E-state index is -0.374. The molecule has 2 aromatic heterocycles. The smallest absolute Gasteiger partial charge is 0.296 e. The molecule has 0 aliphatic carbocycles. The van der Waals surface area contributed by atoms with Crippen LogP contribution in [0.15, 0.2) is 89.7 Å². The van der Waals surface area contributed by atoms with Gasteiger partial charge in [-0.3, -0.25) is 4.79 Å². The summed E-state index contributed by atoms with van der Waals surface area (Å²) in [6.07, 6.45) is 4.19. The van der Waals surface area contributed by atoms with Crippen molar-refractivity contribution in [3.63, 3.8) is 0 Å². The molecule has 0 N–H and O–H groups in total. The van der Waals surface area contributed by atoms with Crippen LogP contribution in [0.3, 0.4) is 0 Å². The van der Waals surface area contributed by atoms with E-state index in [4.69, 9.17) is 9.84 Å². The predicted octanol–water partition coefficient (Wildman–Crippen LogP) is 4.05. The fraction of sp³-hybridized carbons (Fsp3) is 0.0769. The summed E-state index contributed by atoms with van der Waals surface area (Å²) in [5, 5.41) is 9.35. The highest BCUT2D eigenvalue weighted by atomic mass is 16.5. The van der Waals surface area contributed by atoms with E-state index in [0.717, 1.165) is 22.6 Å². The Morgan fingerprint density at radius 2 is 1.55 bits per heavy atom. The number of nitrogens with zero attached hydrogens (tertiary/aromatic N) is 5. The average molecular weight is 435 g/mol. The van der Waals surface area contributed by atoms with E-state index in [1.54, 1.807) is 16.3 Å². The molecule has 0 aliphatic rings. The van der Waals surface area contributed by atoms with Crippen LogP contribution >= 0.6 is 0 Å². The number of ether oxygens (including phenoxy) is 1. The molecule has 0 amide bonds. The molecule has 0 bridgehead atoms. The number of aromatic nitrogens is 5. The number of rotatable bonds is 6. The zero-order valence-corrected chi connectivity index (χ0v) is 18.0. The summed E-state index contributed by atoms with van der Waals surface area (Å²) in [6, 6.07) is 27.1. The van der Waals surface area contributed by atoms with Crippen LogP contribution < -0.4 is 10.3 Å². The molecule has 5 rings (SSSR count). The average Bonchev–Trinajstić information content (AvgIpc) is 3.22. The van der Waals surface area contributed by atoms with E-state index in [1.807, 2.05) is 97.1 Å². The molecule has 3 aromatic carbocycles. The molecular weight excluding hydrogens is 414 g/mol. The number of fused-ring (bicyclic) bond motifs is 1. The van der Waals surface area contributed by atoms with Gasteiger partial charge in [-0.1, -0.05) is 66.7 Å². The predicted molar refractivity (Wildman–Crippen MR) is 128 cm³/mol. The van der Waals surface area contributed by atoms with E-state index in [0.29, 0.717) is 23.7 Å². The van der Waals surface area contributed by atoms with Crippen LogP contribution in [0.2, 0.25) is 0 Å². The third kappa shape index (κ3) is 4.29. The molecule has 0 radical (unpaired) electrons. The Kier molecular flexibility index (Phi) is 5.51. The molecule has 2 heterocycles. The van der Waals surface area contributed by atoms with Crippen molar-refractivity contribution in [3.8, 4) is 11.4 Å². The Morgan fingerprint density at radius 3 is 2.24 bits per heavy atom. The van der Waals surface area contributed by atoms with Crippen LogP contribution in [0.5, 0.6) is 5.75 Å². The molecule has 0 spiro atoms. The molecule has 0 saturated heterocycles. The molecule has 0 aliphatic heterocycles. The van der Waals surface area contributed by atoms with Crippen molar-refractivity contribution < 1.29 is 4.74 Å². The summed E-state index contributed by atoms with van der Waals surface area (Å²) < 4.78 is 8.47. The summed E-state index contributed by atoms with van der Waals surface area (Å²) in [6.45, 7) is 0. The Balaban J connectivity index is 1.61. The van der Waals surface area contributed by atoms with Gasteiger partial charge >= 0.3 is 0 Å². The molecular formula is C26H21N5O2. The van der Waals surface area contributed by atoms with E-state index in [-0.39, 0.29) is 5.56 Å². The molecule has 162 valence electrons. The summed E-state index contributed by atoms with van der Waals surface area (Å²) >= 11 is 0. The zero-order chi connectivity index (χ0) is 22.6. The molecule has 5 aromatic rings. The van der Waals surface area contributed by atoms with Gasteiger partial charge in [0.05, 0.1) is 12.8 Å². The number of methoxy groups -OCH3 is 1. The van der Waals surface area contributed by atoms with Crippen LogP contribution in [0.1, 0.15) is 22.6 Å². The first kappa shape index (κ1) is 20.4. The highest BCUT2D eigenvalue weighted by Crippen LogP contribution is 2.16. The standard InChI is InChI=1S/C26H21N5O2/c1-33-22-15-12-20(13-16-22)18-23-25(32)27-26-30(21-10-6-3-7-11-21)29-24(31(26)28-23)17-14-19-8-4-2-5-9-19/h2-17H,18H2,1H3/b17-14+. The van der Waals surface area contributed by atoms with E-state index >= 15 is 0 Å². The highest BCUT2D eigenvalue weighted by molar-refractivity contribution is 5.67. The maximum Gasteiger partial charge on any atom is 0.296 e. The lowest BCUT2D eigenvalue weighted by atomic mass is 10.1.